The highest BCUT2D eigenvalue weighted by Gasteiger charge is 2.16. The molecule has 1 atom stereocenters. The number of benzene rings is 1. The number of carbonyl (C=O) groups is 3. The molecule has 1 unspecified atom stereocenters. The third kappa shape index (κ3) is 4.36. The molecule has 0 bridgehead atoms. The van der Waals surface area contributed by atoms with Crippen LogP contribution in [0.5, 0.6) is 0 Å². The van der Waals surface area contributed by atoms with E-state index in [-0.39, 0.29) is 12.3 Å². The van der Waals surface area contributed by atoms with Crippen molar-refractivity contribution in [1.29, 1.82) is 0 Å². The Bertz CT molecular complexity index is 511. The van der Waals surface area contributed by atoms with Gasteiger partial charge in [-0.3, -0.25) is 14.4 Å². The third-order valence-electron chi connectivity index (χ3n) is 2.56. The highest BCUT2D eigenvalue weighted by Crippen LogP contribution is 2.11. The standard InChI is InChI=1S/C13H18N4O3/c1-17(2)13(20)8-3-5-9(6-4-8)16-12(19)10(14)7-11(15)18/h3-6,10H,7,14H2,1-2H3,(H2,15,18)(H,16,19). The third-order valence-corrected chi connectivity index (χ3v) is 2.56. The van der Waals surface area contributed by atoms with E-state index < -0.39 is 17.9 Å². The predicted molar refractivity (Wildman–Crippen MR) is 74.9 cm³/mol. The second kappa shape index (κ2) is 6.67. The van der Waals surface area contributed by atoms with Gasteiger partial charge in [-0.15, -0.1) is 0 Å². The van der Waals surface area contributed by atoms with Crippen LogP contribution in [0.15, 0.2) is 24.3 Å². The molecule has 1 rings (SSSR count). The van der Waals surface area contributed by atoms with E-state index in [0.717, 1.165) is 0 Å². The maximum Gasteiger partial charge on any atom is 0.253 e. The number of hydrogen-bond acceptors (Lipinski definition) is 4. The lowest BCUT2D eigenvalue weighted by Gasteiger charge is -2.12. The fourth-order valence-corrected chi connectivity index (χ4v) is 1.50. The van der Waals surface area contributed by atoms with Gasteiger partial charge in [0.25, 0.3) is 5.91 Å². The number of hydrogen-bond donors (Lipinski definition) is 3. The number of amides is 3. The minimum absolute atomic E-state index is 0.131. The van der Waals surface area contributed by atoms with Crippen LogP contribution in [-0.2, 0) is 9.59 Å². The molecule has 5 N–H and O–H groups in total. The lowest BCUT2D eigenvalue weighted by molar-refractivity contribution is -0.123. The van der Waals surface area contributed by atoms with Crippen LogP contribution in [-0.4, -0.2) is 42.8 Å². The zero-order valence-corrected chi connectivity index (χ0v) is 11.4. The van der Waals surface area contributed by atoms with Crippen molar-refractivity contribution < 1.29 is 14.4 Å². The van der Waals surface area contributed by atoms with Gasteiger partial charge in [0.2, 0.25) is 11.8 Å². The van der Waals surface area contributed by atoms with E-state index in [9.17, 15) is 14.4 Å². The zero-order valence-electron chi connectivity index (χ0n) is 11.4. The summed E-state index contributed by atoms with van der Waals surface area (Å²) in [5, 5.41) is 2.55. The highest BCUT2D eigenvalue weighted by molar-refractivity contribution is 5.98. The molecule has 1 aromatic rings. The highest BCUT2D eigenvalue weighted by atomic mass is 16.2. The first kappa shape index (κ1) is 15.6. The fraction of sp³-hybridized carbons (Fsp3) is 0.308. The Morgan fingerprint density at radius 1 is 1.20 bits per heavy atom. The van der Waals surface area contributed by atoms with Gasteiger partial charge < -0.3 is 21.7 Å². The Labute approximate surface area is 116 Å². The summed E-state index contributed by atoms with van der Waals surface area (Å²) < 4.78 is 0. The van der Waals surface area contributed by atoms with Crippen LogP contribution in [0.1, 0.15) is 16.8 Å². The van der Waals surface area contributed by atoms with E-state index in [1.54, 1.807) is 38.4 Å². The first-order valence-corrected chi connectivity index (χ1v) is 5.97. The van der Waals surface area contributed by atoms with Gasteiger partial charge in [-0.2, -0.15) is 0 Å². The van der Waals surface area contributed by atoms with Crippen molar-refractivity contribution in [3.63, 3.8) is 0 Å². The number of nitrogens with zero attached hydrogens (tertiary/aromatic N) is 1. The monoisotopic (exact) mass is 278 g/mol. The average molecular weight is 278 g/mol. The van der Waals surface area contributed by atoms with Gasteiger partial charge in [0.1, 0.15) is 0 Å². The summed E-state index contributed by atoms with van der Waals surface area (Å²) >= 11 is 0. The summed E-state index contributed by atoms with van der Waals surface area (Å²) in [4.78, 5) is 35.5. The molecular weight excluding hydrogens is 260 g/mol. The Balaban J connectivity index is 2.68. The van der Waals surface area contributed by atoms with Gasteiger partial charge in [0.05, 0.1) is 12.5 Å². The molecule has 0 aromatic heterocycles. The fourth-order valence-electron chi connectivity index (χ4n) is 1.50. The molecule has 0 saturated carbocycles. The number of nitrogens with one attached hydrogen (secondary N) is 1. The summed E-state index contributed by atoms with van der Waals surface area (Å²) in [6, 6.07) is 5.38. The molecule has 3 amide bonds. The molecule has 7 heteroatoms. The quantitative estimate of drug-likeness (QED) is 0.674. The summed E-state index contributed by atoms with van der Waals surface area (Å²) in [7, 11) is 3.31. The molecule has 0 fully saturated rings. The number of primary amides is 1. The van der Waals surface area contributed by atoms with Crippen LogP contribution < -0.4 is 16.8 Å². The van der Waals surface area contributed by atoms with E-state index >= 15 is 0 Å². The molecule has 0 aliphatic heterocycles. The molecule has 0 heterocycles. The first-order valence-electron chi connectivity index (χ1n) is 5.97. The summed E-state index contributed by atoms with van der Waals surface area (Å²) in [6.45, 7) is 0. The van der Waals surface area contributed by atoms with Gasteiger partial charge in [-0.25, -0.2) is 0 Å². The van der Waals surface area contributed by atoms with Crippen LogP contribution in [0.25, 0.3) is 0 Å². The average Bonchev–Trinajstić information content (AvgIpc) is 2.37. The van der Waals surface area contributed by atoms with E-state index in [0.29, 0.717) is 11.3 Å². The second-order valence-corrected chi connectivity index (χ2v) is 4.54. The Kier molecular flexibility index (Phi) is 5.22. The predicted octanol–water partition coefficient (Wildman–Crippen LogP) is -0.470. The largest absolute Gasteiger partial charge is 0.370 e. The van der Waals surface area contributed by atoms with Crippen molar-refractivity contribution in [2.24, 2.45) is 11.5 Å². The van der Waals surface area contributed by atoms with Crippen LogP contribution in [0.4, 0.5) is 5.69 Å². The Morgan fingerprint density at radius 3 is 2.20 bits per heavy atom. The molecule has 7 nitrogen and oxygen atoms in total. The van der Waals surface area contributed by atoms with Gasteiger partial charge in [0.15, 0.2) is 0 Å². The van der Waals surface area contributed by atoms with Gasteiger partial charge in [0, 0.05) is 25.3 Å². The van der Waals surface area contributed by atoms with Crippen LogP contribution in [0.3, 0.4) is 0 Å². The Morgan fingerprint density at radius 2 is 1.75 bits per heavy atom. The van der Waals surface area contributed by atoms with E-state index in [2.05, 4.69) is 5.32 Å². The van der Waals surface area contributed by atoms with E-state index in [1.165, 1.54) is 4.90 Å². The van der Waals surface area contributed by atoms with Gasteiger partial charge in [-0.05, 0) is 24.3 Å². The molecule has 108 valence electrons. The summed E-state index contributed by atoms with van der Waals surface area (Å²) in [5.74, 6) is -1.27. The van der Waals surface area contributed by atoms with Gasteiger partial charge in [-0.1, -0.05) is 0 Å². The molecule has 0 radical (unpaired) electrons. The van der Waals surface area contributed by atoms with Crippen LogP contribution in [0, 0.1) is 0 Å². The van der Waals surface area contributed by atoms with Crippen molar-refractivity contribution >= 4 is 23.4 Å². The normalized spacial score (nSPS) is 11.6. The molecule has 0 aliphatic rings. The molecule has 0 spiro atoms. The van der Waals surface area contributed by atoms with E-state index in [4.69, 9.17) is 11.5 Å². The maximum absolute atomic E-state index is 11.7. The lowest BCUT2D eigenvalue weighted by Crippen LogP contribution is -2.39. The van der Waals surface area contributed by atoms with Crippen molar-refractivity contribution in [1.82, 2.24) is 4.90 Å². The van der Waals surface area contributed by atoms with Crippen molar-refractivity contribution in [2.75, 3.05) is 19.4 Å². The summed E-state index contributed by atoms with van der Waals surface area (Å²) in [6.07, 6.45) is -0.219. The number of rotatable bonds is 5. The zero-order chi connectivity index (χ0) is 15.3. The lowest BCUT2D eigenvalue weighted by atomic mass is 10.1. The van der Waals surface area contributed by atoms with Crippen molar-refractivity contribution in [2.45, 2.75) is 12.5 Å². The molecule has 1 aromatic carbocycles. The number of carbonyl (C=O) groups excluding carboxylic acids is 3. The van der Waals surface area contributed by atoms with Crippen molar-refractivity contribution in [3.05, 3.63) is 29.8 Å². The SMILES string of the molecule is CN(C)C(=O)c1ccc(NC(=O)C(N)CC(N)=O)cc1. The van der Waals surface area contributed by atoms with Gasteiger partial charge >= 0.3 is 0 Å². The summed E-state index contributed by atoms with van der Waals surface area (Å²) in [5.41, 5.74) is 11.5. The smallest absolute Gasteiger partial charge is 0.253 e. The minimum Gasteiger partial charge on any atom is -0.370 e. The number of anilines is 1. The maximum atomic E-state index is 11.7. The molecule has 20 heavy (non-hydrogen) atoms. The molecular formula is C13H18N4O3. The number of nitrogens with two attached hydrogens (primary N) is 2. The van der Waals surface area contributed by atoms with Crippen LogP contribution >= 0.6 is 0 Å². The van der Waals surface area contributed by atoms with E-state index in [1.807, 2.05) is 0 Å². The molecule has 0 aliphatic carbocycles. The first-order chi connectivity index (χ1) is 9.31. The minimum atomic E-state index is -0.990. The van der Waals surface area contributed by atoms with Crippen LogP contribution in [0.2, 0.25) is 0 Å². The second-order valence-electron chi connectivity index (χ2n) is 4.54. The van der Waals surface area contributed by atoms with Crippen molar-refractivity contribution in [3.8, 4) is 0 Å². The Hall–Kier alpha value is -2.41. The topological polar surface area (TPSA) is 119 Å². The molecule has 0 saturated heterocycles.